The molecule has 12 heavy (non-hydrogen) atoms. The van der Waals surface area contributed by atoms with Crippen LogP contribution < -0.4 is 0 Å². The van der Waals surface area contributed by atoms with Gasteiger partial charge in [0.1, 0.15) is 0 Å². The number of hydrogen-bond donors (Lipinski definition) is 0. The molecule has 1 nitrogen and oxygen atoms in total. The molecule has 1 aromatic heterocycles. The Balaban J connectivity index is 3.33. The van der Waals surface area contributed by atoms with E-state index in [1.54, 1.807) is 0 Å². The van der Waals surface area contributed by atoms with E-state index in [1.165, 1.54) is 6.92 Å². The van der Waals surface area contributed by atoms with E-state index in [9.17, 15) is 13.2 Å². The molecule has 0 aromatic carbocycles. The molecule has 1 heterocycles. The summed E-state index contributed by atoms with van der Waals surface area (Å²) in [5, 5.41) is -0.252. The summed E-state index contributed by atoms with van der Waals surface area (Å²) >= 11 is 5.43. The van der Waals surface area contributed by atoms with Crippen molar-refractivity contribution in [1.82, 2.24) is 4.98 Å². The molecule has 0 aliphatic rings. The molecule has 0 saturated heterocycles. The summed E-state index contributed by atoms with van der Waals surface area (Å²) in [6.45, 7) is 1.49. The number of halogens is 4. The second-order valence-electron chi connectivity index (χ2n) is 2.26. The fourth-order valence-corrected chi connectivity index (χ4v) is 0.978. The van der Waals surface area contributed by atoms with E-state index in [0.29, 0.717) is 5.56 Å². The van der Waals surface area contributed by atoms with Gasteiger partial charge >= 0.3 is 0 Å². The van der Waals surface area contributed by atoms with Gasteiger partial charge in [-0.3, -0.25) is 0 Å². The lowest BCUT2D eigenvalue weighted by Gasteiger charge is -2.05. The molecule has 0 spiro atoms. The lowest BCUT2D eigenvalue weighted by Crippen LogP contribution is -1.97. The summed E-state index contributed by atoms with van der Waals surface area (Å²) in [6.07, 6.45) is -1.81. The van der Waals surface area contributed by atoms with Crippen molar-refractivity contribution < 1.29 is 13.2 Å². The zero-order valence-corrected chi connectivity index (χ0v) is 6.87. The third-order valence-corrected chi connectivity index (χ3v) is 1.90. The predicted molar refractivity (Wildman–Crippen MR) is 38.9 cm³/mol. The van der Waals surface area contributed by atoms with Crippen LogP contribution in [0.15, 0.2) is 6.20 Å². The van der Waals surface area contributed by atoms with Gasteiger partial charge in [-0.05, 0) is 12.5 Å². The van der Waals surface area contributed by atoms with Crippen LogP contribution in [0, 0.1) is 12.9 Å². The van der Waals surface area contributed by atoms with Crippen molar-refractivity contribution in [1.29, 1.82) is 0 Å². The van der Waals surface area contributed by atoms with Crippen LogP contribution in [-0.2, 0) is 0 Å². The van der Waals surface area contributed by atoms with Crippen LogP contribution in [0.25, 0.3) is 0 Å². The summed E-state index contributed by atoms with van der Waals surface area (Å²) in [4.78, 5) is 3.13. The van der Waals surface area contributed by atoms with Gasteiger partial charge in [0.05, 0.1) is 10.6 Å². The van der Waals surface area contributed by atoms with Gasteiger partial charge in [0.25, 0.3) is 6.43 Å². The maximum Gasteiger partial charge on any atom is 0.269 e. The van der Waals surface area contributed by atoms with E-state index < -0.39 is 17.9 Å². The lowest BCUT2D eigenvalue weighted by molar-refractivity contribution is 0.145. The molecule has 1 rings (SSSR count). The van der Waals surface area contributed by atoms with Crippen molar-refractivity contribution in [2.24, 2.45) is 0 Å². The van der Waals surface area contributed by atoms with E-state index in [1.807, 2.05) is 0 Å². The van der Waals surface area contributed by atoms with E-state index in [2.05, 4.69) is 4.98 Å². The van der Waals surface area contributed by atoms with Gasteiger partial charge in [0, 0.05) is 6.20 Å². The maximum atomic E-state index is 12.6. The van der Waals surface area contributed by atoms with Crippen LogP contribution >= 0.6 is 11.6 Å². The first kappa shape index (κ1) is 9.32. The van der Waals surface area contributed by atoms with Gasteiger partial charge < -0.3 is 0 Å². The second-order valence-corrected chi connectivity index (χ2v) is 2.64. The normalized spacial score (nSPS) is 10.8. The minimum Gasteiger partial charge on any atom is -0.228 e. The molecule has 5 heteroatoms. The Kier molecular flexibility index (Phi) is 2.57. The van der Waals surface area contributed by atoms with Crippen molar-refractivity contribution in [3.63, 3.8) is 0 Å². The summed E-state index contributed by atoms with van der Waals surface area (Å²) < 4.78 is 36.8. The van der Waals surface area contributed by atoms with Crippen LogP contribution in [0.5, 0.6) is 0 Å². The topological polar surface area (TPSA) is 12.9 Å². The Bertz CT molecular complexity index is 301. The molecule has 0 unspecified atom stereocenters. The first-order valence-corrected chi connectivity index (χ1v) is 3.50. The number of aromatic nitrogens is 1. The van der Waals surface area contributed by atoms with Crippen molar-refractivity contribution in [3.05, 3.63) is 28.3 Å². The second kappa shape index (κ2) is 3.31. The predicted octanol–water partition coefficient (Wildman–Crippen LogP) is 3.12. The standard InChI is InChI=1S/C7H5ClF3N/c1-3-2-12-7(11)4(5(3)8)6(9)10/h2,6H,1H3. The van der Waals surface area contributed by atoms with Crippen molar-refractivity contribution in [3.8, 4) is 0 Å². The Labute approximate surface area is 72.2 Å². The van der Waals surface area contributed by atoms with E-state index >= 15 is 0 Å². The van der Waals surface area contributed by atoms with Crippen molar-refractivity contribution in [2.45, 2.75) is 13.3 Å². The molecule has 66 valence electrons. The van der Waals surface area contributed by atoms with Gasteiger partial charge in [0.2, 0.25) is 5.95 Å². The van der Waals surface area contributed by atoms with Crippen LogP contribution in [0.3, 0.4) is 0 Å². The molecule has 0 aliphatic heterocycles. The van der Waals surface area contributed by atoms with Gasteiger partial charge in [-0.25, -0.2) is 13.8 Å². The van der Waals surface area contributed by atoms with E-state index in [4.69, 9.17) is 11.6 Å². The molecular formula is C7H5ClF3N. The fourth-order valence-electron chi connectivity index (χ4n) is 0.769. The van der Waals surface area contributed by atoms with Gasteiger partial charge in [-0.1, -0.05) is 11.6 Å². The van der Waals surface area contributed by atoms with Crippen molar-refractivity contribution in [2.75, 3.05) is 0 Å². The number of rotatable bonds is 1. The highest BCUT2D eigenvalue weighted by molar-refractivity contribution is 6.32. The smallest absolute Gasteiger partial charge is 0.228 e. The molecule has 0 amide bonds. The molecule has 1 aromatic rings. The highest BCUT2D eigenvalue weighted by Crippen LogP contribution is 2.30. The van der Waals surface area contributed by atoms with Crippen LogP contribution in [-0.4, -0.2) is 4.98 Å². The van der Waals surface area contributed by atoms with Crippen molar-refractivity contribution >= 4 is 11.6 Å². The minimum absolute atomic E-state index is 0.252. The van der Waals surface area contributed by atoms with Crippen LogP contribution in [0.4, 0.5) is 13.2 Å². The third-order valence-electron chi connectivity index (χ3n) is 1.39. The monoisotopic (exact) mass is 195 g/mol. The molecule has 0 aliphatic carbocycles. The van der Waals surface area contributed by atoms with Crippen LogP contribution in [0.2, 0.25) is 5.02 Å². The minimum atomic E-state index is -2.93. The average molecular weight is 196 g/mol. The van der Waals surface area contributed by atoms with Gasteiger partial charge in [-0.2, -0.15) is 4.39 Å². The summed E-state index contributed by atoms with van der Waals surface area (Å²) in [7, 11) is 0. The third kappa shape index (κ3) is 1.53. The maximum absolute atomic E-state index is 12.6. The largest absolute Gasteiger partial charge is 0.269 e. The lowest BCUT2D eigenvalue weighted by atomic mass is 10.2. The SMILES string of the molecule is Cc1cnc(F)c(C(F)F)c1Cl. The molecule has 0 saturated carbocycles. The van der Waals surface area contributed by atoms with Crippen LogP contribution in [0.1, 0.15) is 17.6 Å². The average Bonchev–Trinajstić information content (AvgIpc) is 1.97. The van der Waals surface area contributed by atoms with E-state index in [0.717, 1.165) is 6.20 Å². The molecule has 0 radical (unpaired) electrons. The molecule has 0 bridgehead atoms. The number of hydrogen-bond acceptors (Lipinski definition) is 1. The first-order valence-electron chi connectivity index (χ1n) is 3.12. The number of aryl methyl sites for hydroxylation is 1. The molecule has 0 N–H and O–H groups in total. The number of alkyl halides is 2. The van der Waals surface area contributed by atoms with E-state index in [-0.39, 0.29) is 5.02 Å². The van der Waals surface area contributed by atoms with Gasteiger partial charge in [0.15, 0.2) is 0 Å². The summed E-state index contributed by atoms with van der Waals surface area (Å²) in [6, 6.07) is 0. The number of nitrogens with zero attached hydrogens (tertiary/aromatic N) is 1. The first-order chi connectivity index (χ1) is 5.54. The molecule has 0 fully saturated rings. The Morgan fingerprint density at radius 2 is 2.08 bits per heavy atom. The quantitative estimate of drug-likeness (QED) is 0.628. The highest BCUT2D eigenvalue weighted by Gasteiger charge is 2.19. The Morgan fingerprint density at radius 3 is 2.50 bits per heavy atom. The zero-order chi connectivity index (χ0) is 9.30. The Morgan fingerprint density at radius 1 is 1.50 bits per heavy atom. The summed E-state index contributed by atoms with van der Waals surface area (Å²) in [5.74, 6) is -1.21. The molecule has 0 atom stereocenters. The zero-order valence-electron chi connectivity index (χ0n) is 6.11. The fraction of sp³-hybridized carbons (Fsp3) is 0.286. The molecular weight excluding hydrogens is 191 g/mol. The Hall–Kier alpha value is -0.770. The number of pyridine rings is 1. The van der Waals surface area contributed by atoms with Gasteiger partial charge in [-0.15, -0.1) is 0 Å². The highest BCUT2D eigenvalue weighted by atomic mass is 35.5. The summed E-state index contributed by atoms with van der Waals surface area (Å²) in [5.41, 5.74) is -0.481.